The second-order valence-electron chi connectivity index (χ2n) is 5.70. The van der Waals surface area contributed by atoms with Crippen molar-refractivity contribution in [3.8, 4) is 0 Å². The fourth-order valence-corrected chi connectivity index (χ4v) is 1.98. The van der Waals surface area contributed by atoms with Gasteiger partial charge in [-0.25, -0.2) is 4.99 Å². The molecule has 0 aliphatic heterocycles. The maximum atomic E-state index is 12.2. The number of rotatable bonds is 8. The van der Waals surface area contributed by atoms with Crippen LogP contribution in [0.15, 0.2) is 35.3 Å². The van der Waals surface area contributed by atoms with Crippen molar-refractivity contribution < 1.29 is 4.79 Å². The van der Waals surface area contributed by atoms with Crippen LogP contribution in [0.3, 0.4) is 0 Å². The number of likely N-dealkylation sites (N-methyl/N-ethyl adjacent to an activating group) is 1. The molecule has 6 heteroatoms. The van der Waals surface area contributed by atoms with Gasteiger partial charge in [-0.1, -0.05) is 44.2 Å². The molecule has 0 aromatic heterocycles. The molecule has 1 aromatic carbocycles. The number of nitrogens with one attached hydrogen (secondary N) is 1. The van der Waals surface area contributed by atoms with Crippen molar-refractivity contribution in [2.75, 3.05) is 19.6 Å². The van der Waals surface area contributed by atoms with Crippen LogP contribution in [0.2, 0.25) is 0 Å². The molecule has 0 aliphatic rings. The number of nitrogens with zero attached hydrogens (tertiary/aromatic N) is 2. The lowest BCUT2D eigenvalue weighted by molar-refractivity contribution is -0.130. The van der Waals surface area contributed by atoms with Gasteiger partial charge in [0.05, 0.1) is 0 Å². The maximum absolute atomic E-state index is 12.2. The molecule has 0 heterocycles. The third kappa shape index (κ3) is 9.43. The molecule has 1 rings (SSSR count). The number of nitrogens with two attached hydrogens (primary N) is 1. The highest BCUT2D eigenvalue weighted by Crippen LogP contribution is 2.04. The molecule has 0 unspecified atom stereocenters. The maximum Gasteiger partial charge on any atom is 0.244 e. The highest BCUT2D eigenvalue weighted by molar-refractivity contribution is 14.0. The number of carbonyl (C=O) groups excluding carboxylic acids is 1. The van der Waals surface area contributed by atoms with Crippen LogP contribution in [-0.4, -0.2) is 36.4 Å². The van der Waals surface area contributed by atoms with Crippen LogP contribution in [-0.2, 0) is 11.3 Å². The van der Waals surface area contributed by atoms with E-state index in [1.807, 2.05) is 37.3 Å². The highest BCUT2D eigenvalue weighted by Gasteiger charge is 2.11. The Labute approximate surface area is 156 Å². The lowest BCUT2D eigenvalue weighted by Gasteiger charge is -2.20. The molecule has 3 N–H and O–H groups in total. The summed E-state index contributed by atoms with van der Waals surface area (Å²) in [7, 11) is 0. The molecule has 1 amide bonds. The fraction of sp³-hybridized carbons (Fsp3) is 0.529. The molecule has 0 aliphatic carbocycles. The first-order valence-corrected chi connectivity index (χ1v) is 7.88. The Kier molecular flexibility index (Phi) is 11.5. The van der Waals surface area contributed by atoms with Gasteiger partial charge in [0.2, 0.25) is 5.91 Å². The number of hydrogen-bond donors (Lipinski definition) is 2. The van der Waals surface area contributed by atoms with Gasteiger partial charge >= 0.3 is 0 Å². The lowest BCUT2D eigenvalue weighted by Crippen LogP contribution is -2.36. The van der Waals surface area contributed by atoms with E-state index in [1.165, 1.54) is 0 Å². The molecule has 0 radical (unpaired) electrons. The summed E-state index contributed by atoms with van der Waals surface area (Å²) in [6.45, 7) is 8.40. The average Bonchev–Trinajstić information content (AvgIpc) is 2.51. The lowest BCUT2D eigenvalue weighted by atomic mass is 10.1. The molecule has 130 valence electrons. The molecule has 5 nitrogen and oxygen atoms in total. The Morgan fingerprint density at radius 1 is 1.30 bits per heavy atom. The Morgan fingerprint density at radius 2 is 1.96 bits per heavy atom. The van der Waals surface area contributed by atoms with Gasteiger partial charge in [0, 0.05) is 19.6 Å². The number of aliphatic imine (C=N–C) groups is 1. The summed E-state index contributed by atoms with van der Waals surface area (Å²) in [4.78, 5) is 18.1. The molecule has 0 bridgehead atoms. The minimum atomic E-state index is -0.0139. The van der Waals surface area contributed by atoms with Crippen LogP contribution in [0, 0.1) is 5.92 Å². The van der Waals surface area contributed by atoms with Gasteiger partial charge in [0.25, 0.3) is 0 Å². The van der Waals surface area contributed by atoms with Crippen LogP contribution >= 0.6 is 24.0 Å². The van der Waals surface area contributed by atoms with Crippen LogP contribution < -0.4 is 11.1 Å². The second kappa shape index (κ2) is 12.2. The quantitative estimate of drug-likeness (QED) is 0.377. The first kappa shape index (κ1) is 21.7. The first-order valence-electron chi connectivity index (χ1n) is 7.88. The third-order valence-electron chi connectivity index (χ3n) is 3.36. The number of amides is 1. The summed E-state index contributed by atoms with van der Waals surface area (Å²) in [6.07, 6.45) is 1.03. The second-order valence-corrected chi connectivity index (χ2v) is 5.70. The van der Waals surface area contributed by atoms with Crippen LogP contribution in [0.25, 0.3) is 0 Å². The molecule has 0 spiro atoms. The number of halogens is 1. The van der Waals surface area contributed by atoms with Crippen molar-refractivity contribution in [2.24, 2.45) is 16.6 Å². The van der Waals surface area contributed by atoms with E-state index in [-0.39, 0.29) is 36.4 Å². The van der Waals surface area contributed by atoms with Gasteiger partial charge < -0.3 is 16.0 Å². The van der Waals surface area contributed by atoms with E-state index < -0.39 is 0 Å². The van der Waals surface area contributed by atoms with E-state index >= 15 is 0 Å². The van der Waals surface area contributed by atoms with Crippen molar-refractivity contribution in [1.82, 2.24) is 10.2 Å². The van der Waals surface area contributed by atoms with Gasteiger partial charge in [0.15, 0.2) is 5.96 Å². The molecule has 0 fully saturated rings. The predicted octanol–water partition coefficient (Wildman–Crippen LogP) is 2.60. The van der Waals surface area contributed by atoms with Gasteiger partial charge in [0.1, 0.15) is 6.54 Å². The fourth-order valence-electron chi connectivity index (χ4n) is 1.98. The largest absolute Gasteiger partial charge is 0.370 e. The van der Waals surface area contributed by atoms with E-state index in [4.69, 9.17) is 5.73 Å². The summed E-state index contributed by atoms with van der Waals surface area (Å²) in [5.41, 5.74) is 6.89. The molecule has 0 atom stereocenters. The average molecular weight is 432 g/mol. The normalized spacial score (nSPS) is 11.0. The number of benzene rings is 1. The summed E-state index contributed by atoms with van der Waals surface area (Å²) < 4.78 is 0. The minimum Gasteiger partial charge on any atom is -0.370 e. The summed E-state index contributed by atoms with van der Waals surface area (Å²) >= 11 is 0. The van der Waals surface area contributed by atoms with Crippen molar-refractivity contribution >= 4 is 35.8 Å². The Bertz CT molecular complexity index is 477. The molecule has 1 aromatic rings. The number of carbonyl (C=O) groups is 1. The zero-order valence-electron chi connectivity index (χ0n) is 14.3. The summed E-state index contributed by atoms with van der Waals surface area (Å²) in [5.74, 6) is 0.938. The number of guanidine groups is 1. The topological polar surface area (TPSA) is 70.7 Å². The van der Waals surface area contributed by atoms with E-state index in [2.05, 4.69) is 24.2 Å². The van der Waals surface area contributed by atoms with E-state index in [0.29, 0.717) is 25.0 Å². The van der Waals surface area contributed by atoms with Gasteiger partial charge in [-0.2, -0.15) is 0 Å². The molecular weight excluding hydrogens is 403 g/mol. The van der Waals surface area contributed by atoms with Crippen molar-refractivity contribution in [3.05, 3.63) is 35.9 Å². The highest BCUT2D eigenvalue weighted by atomic mass is 127. The molecule has 0 saturated heterocycles. The van der Waals surface area contributed by atoms with Gasteiger partial charge in [-0.15, -0.1) is 24.0 Å². The zero-order chi connectivity index (χ0) is 16.4. The summed E-state index contributed by atoms with van der Waals surface area (Å²) in [5, 5.41) is 3.03. The Balaban J connectivity index is 0.00000484. The van der Waals surface area contributed by atoms with E-state index in [1.54, 1.807) is 4.90 Å². The Hall–Kier alpha value is -1.31. The Morgan fingerprint density at radius 3 is 2.52 bits per heavy atom. The number of hydrogen-bond acceptors (Lipinski definition) is 2. The SMILES string of the molecule is CCN(Cc1ccccc1)C(=O)CN=C(N)NCCC(C)C.I. The van der Waals surface area contributed by atoms with Crippen molar-refractivity contribution in [2.45, 2.75) is 33.7 Å². The third-order valence-corrected chi connectivity index (χ3v) is 3.36. The smallest absolute Gasteiger partial charge is 0.244 e. The standard InChI is InChI=1S/C17H28N4O.HI/c1-4-21(13-15-8-6-5-7-9-15)16(22)12-20-17(18)19-11-10-14(2)3;/h5-9,14H,4,10-13H2,1-3H3,(H3,18,19,20);1H. The molecule has 0 saturated carbocycles. The van der Waals surface area contributed by atoms with Crippen LogP contribution in [0.1, 0.15) is 32.8 Å². The predicted molar refractivity (Wildman–Crippen MR) is 107 cm³/mol. The van der Waals surface area contributed by atoms with Crippen LogP contribution in [0.4, 0.5) is 0 Å². The molecule has 23 heavy (non-hydrogen) atoms. The zero-order valence-corrected chi connectivity index (χ0v) is 16.6. The monoisotopic (exact) mass is 432 g/mol. The summed E-state index contributed by atoms with van der Waals surface area (Å²) in [6, 6.07) is 9.95. The van der Waals surface area contributed by atoms with E-state index in [0.717, 1.165) is 18.5 Å². The van der Waals surface area contributed by atoms with E-state index in [9.17, 15) is 4.79 Å². The molecular formula is C17H29IN4O. The van der Waals surface area contributed by atoms with Gasteiger partial charge in [-0.3, -0.25) is 4.79 Å². The van der Waals surface area contributed by atoms with Crippen molar-refractivity contribution in [3.63, 3.8) is 0 Å². The van der Waals surface area contributed by atoms with Gasteiger partial charge in [-0.05, 0) is 24.8 Å². The minimum absolute atomic E-state index is 0. The van der Waals surface area contributed by atoms with Crippen LogP contribution in [0.5, 0.6) is 0 Å². The van der Waals surface area contributed by atoms with Crippen molar-refractivity contribution in [1.29, 1.82) is 0 Å². The first-order chi connectivity index (χ1) is 10.5.